The smallest absolute Gasteiger partial charge is 0.390 e. The highest BCUT2D eigenvalue weighted by Crippen LogP contribution is 2.68. The van der Waals surface area contributed by atoms with Crippen molar-refractivity contribution in [2.45, 2.75) is 55.8 Å². The summed E-state index contributed by atoms with van der Waals surface area (Å²) in [4.78, 5) is 58.5. The van der Waals surface area contributed by atoms with E-state index in [1.165, 1.54) is 17.2 Å². The Bertz CT molecular complexity index is 2170. The Morgan fingerprint density at radius 2 is 1.71 bits per heavy atom. The average Bonchev–Trinajstić information content (AvgIpc) is 3.66. The first-order valence-corrected chi connectivity index (χ1v) is 19.7. The number of phosphoric ester groups is 1. The second-order valence-electron chi connectivity index (χ2n) is 13.5. The summed E-state index contributed by atoms with van der Waals surface area (Å²) in [6, 6.07) is -1.22. The zero-order valence-electron chi connectivity index (χ0n) is 25.4. The van der Waals surface area contributed by atoms with Crippen LogP contribution in [-0.2, 0) is 34.5 Å². The molecule has 1 aliphatic heterocycles. The van der Waals surface area contributed by atoms with E-state index in [9.17, 15) is 29.4 Å². The third-order valence-corrected chi connectivity index (χ3v) is 13.9. The van der Waals surface area contributed by atoms with Crippen LogP contribution in [0.3, 0.4) is 0 Å². The summed E-state index contributed by atoms with van der Waals surface area (Å²) < 4.78 is 40.4. The molecule has 23 heteroatoms. The number of nitrogens with zero attached hydrogens (tertiary/aromatic N) is 7. The standard InChI is InChI=1S/C26H32N10O10P2S/c27-21-13-22(30-6-29-21)35(7-31-13)15-9-3-10(15)17(37)19-11(9)4-43-47(40,41)46-20-18(38)16(12-1-2-26(12,20)5-44-48(42,49)45-19)36-8-32-14-23(36)33-25(28)34-24(14)39/h6-12,15-20,37-38H,1-5H2,(H,40,41)(H,42,49)(H2,27,29,30)(H3,28,33,34,39). The Morgan fingerprint density at radius 1 is 0.959 bits per heavy atom. The van der Waals surface area contributed by atoms with Crippen LogP contribution in [0, 0.1) is 29.1 Å². The molecule has 0 radical (unpaired) electrons. The van der Waals surface area contributed by atoms with Gasteiger partial charge in [-0.3, -0.25) is 18.8 Å². The van der Waals surface area contributed by atoms with Crippen LogP contribution in [0.15, 0.2) is 23.8 Å². The Labute approximate surface area is 280 Å². The maximum Gasteiger partial charge on any atom is 0.472 e. The second-order valence-corrected chi connectivity index (χ2v) is 17.7. The predicted molar refractivity (Wildman–Crippen MR) is 171 cm³/mol. The van der Waals surface area contributed by atoms with E-state index in [2.05, 4.69) is 29.9 Å². The van der Waals surface area contributed by atoms with E-state index in [0.29, 0.717) is 30.4 Å². The molecule has 1 spiro atoms. The fraction of sp³-hybridized carbons (Fsp3) is 0.615. The third kappa shape index (κ3) is 4.65. The summed E-state index contributed by atoms with van der Waals surface area (Å²) in [6.07, 6.45) is 0.519. The maximum atomic E-state index is 13.7. The number of hydrogen-bond donors (Lipinski definition) is 7. The summed E-state index contributed by atoms with van der Waals surface area (Å²) in [5.41, 5.74) is 11.0. The van der Waals surface area contributed by atoms with Crippen LogP contribution in [-0.4, -0.2) is 96.7 Å². The van der Waals surface area contributed by atoms with Crippen LogP contribution in [0.4, 0.5) is 11.8 Å². The number of imidazole rings is 2. The fourth-order valence-electron chi connectivity index (χ4n) is 9.08. The Hall–Kier alpha value is -2.94. The lowest BCUT2D eigenvalue weighted by molar-refractivity contribution is -0.188. The minimum Gasteiger partial charge on any atom is -0.390 e. The van der Waals surface area contributed by atoms with Crippen molar-refractivity contribution < 1.29 is 42.7 Å². The summed E-state index contributed by atoms with van der Waals surface area (Å²) in [5, 5.41) is 23.4. The van der Waals surface area contributed by atoms with Crippen molar-refractivity contribution in [2.75, 3.05) is 24.7 Å². The summed E-state index contributed by atoms with van der Waals surface area (Å²) in [6.45, 7) is -4.80. The topological polar surface area (TPSA) is 294 Å². The number of phosphoric acid groups is 1. The molecule has 4 aromatic heterocycles. The number of rotatable bonds is 2. The number of hydrogen-bond acceptors (Lipinski definition) is 16. The zero-order chi connectivity index (χ0) is 34.2. The molecule has 0 amide bonds. The third-order valence-electron chi connectivity index (χ3n) is 11.4. The molecule has 0 aromatic carbocycles. The first kappa shape index (κ1) is 32.0. The van der Waals surface area contributed by atoms with Gasteiger partial charge >= 0.3 is 14.5 Å². The van der Waals surface area contributed by atoms with Crippen LogP contribution >= 0.6 is 14.5 Å². The minimum atomic E-state index is -4.90. The lowest BCUT2D eigenvalue weighted by Crippen LogP contribution is -2.62. The van der Waals surface area contributed by atoms with Gasteiger partial charge in [-0.25, -0.2) is 24.5 Å². The van der Waals surface area contributed by atoms with Gasteiger partial charge in [0.1, 0.15) is 24.1 Å². The summed E-state index contributed by atoms with van der Waals surface area (Å²) >= 11 is 5.47. The minimum absolute atomic E-state index is 0.00860. The van der Waals surface area contributed by atoms with Gasteiger partial charge in [-0.2, -0.15) is 4.98 Å². The average molecular weight is 739 g/mol. The number of nitrogen functional groups attached to an aromatic ring is 2. The first-order valence-electron chi connectivity index (χ1n) is 15.6. The molecular formula is C26H32N10O10P2S. The molecule has 5 aliphatic rings. The molecule has 20 nitrogen and oxygen atoms in total. The molecule has 13 unspecified atom stereocenters. The van der Waals surface area contributed by atoms with Gasteiger partial charge in [0.25, 0.3) is 5.56 Å². The molecule has 5 fully saturated rings. The highest BCUT2D eigenvalue weighted by Gasteiger charge is 2.68. The van der Waals surface area contributed by atoms with E-state index in [1.54, 1.807) is 10.9 Å². The van der Waals surface area contributed by atoms with Crippen molar-refractivity contribution >= 4 is 60.4 Å². The molecule has 4 aliphatic carbocycles. The van der Waals surface area contributed by atoms with Crippen molar-refractivity contribution in [3.05, 3.63) is 29.3 Å². The number of aromatic amines is 1. The SMILES string of the molecule is Nc1nc2c(ncn2C2C(O)C3OP(=O)(O)OCC4C5CC(C(O)C4OP(O)(=S)OCC34CCC24)C5n2cnc3c(N)ncnc32)c(=O)[nH]1. The van der Waals surface area contributed by atoms with Crippen molar-refractivity contribution in [3.63, 3.8) is 0 Å². The lowest BCUT2D eigenvalue weighted by atomic mass is 9.54. The van der Waals surface area contributed by atoms with E-state index in [4.69, 9.17) is 41.4 Å². The zero-order valence-corrected chi connectivity index (χ0v) is 28.0. The number of H-pyrrole nitrogens is 1. The quantitative estimate of drug-likeness (QED) is 0.130. The van der Waals surface area contributed by atoms with Crippen molar-refractivity contribution in [3.8, 4) is 0 Å². The van der Waals surface area contributed by atoms with Gasteiger partial charge in [-0.1, -0.05) is 0 Å². The molecule has 4 saturated carbocycles. The maximum absolute atomic E-state index is 13.7. The molecule has 49 heavy (non-hydrogen) atoms. The molecule has 13 atom stereocenters. The largest absolute Gasteiger partial charge is 0.472 e. The Morgan fingerprint density at radius 3 is 2.47 bits per heavy atom. The number of fused-ring (bicyclic) bond motifs is 6. The summed E-state index contributed by atoms with van der Waals surface area (Å²) in [5.74, 6) is -1.86. The number of aromatic nitrogens is 8. The fourth-order valence-corrected chi connectivity index (χ4v) is 11.6. The van der Waals surface area contributed by atoms with E-state index in [1.807, 2.05) is 0 Å². The van der Waals surface area contributed by atoms with Gasteiger partial charge in [0, 0.05) is 23.3 Å². The van der Waals surface area contributed by atoms with Gasteiger partial charge in [0.2, 0.25) is 5.95 Å². The van der Waals surface area contributed by atoms with Crippen LogP contribution < -0.4 is 17.0 Å². The number of nitrogens with two attached hydrogens (primary N) is 2. The van der Waals surface area contributed by atoms with Crippen molar-refractivity contribution in [1.29, 1.82) is 0 Å². The normalized spacial score (nSPS) is 43.4. The number of aliphatic hydroxyl groups excluding tert-OH is 2. The van der Waals surface area contributed by atoms with E-state index >= 15 is 0 Å². The van der Waals surface area contributed by atoms with Gasteiger partial charge in [-0.05, 0) is 42.9 Å². The number of nitrogens with one attached hydrogen (secondary N) is 1. The molecule has 9 rings (SSSR count). The van der Waals surface area contributed by atoms with Crippen LogP contribution in [0.25, 0.3) is 22.3 Å². The molecule has 2 bridgehead atoms. The molecule has 9 N–H and O–H groups in total. The van der Waals surface area contributed by atoms with Gasteiger partial charge in [0.15, 0.2) is 22.6 Å². The van der Waals surface area contributed by atoms with Crippen LogP contribution in [0.2, 0.25) is 0 Å². The van der Waals surface area contributed by atoms with E-state index in [0.717, 1.165) is 0 Å². The second kappa shape index (κ2) is 10.8. The molecule has 4 aromatic rings. The highest BCUT2D eigenvalue weighted by atomic mass is 32.5. The molecular weight excluding hydrogens is 706 g/mol. The van der Waals surface area contributed by atoms with Gasteiger partial charge < -0.3 is 49.6 Å². The lowest BCUT2D eigenvalue weighted by Gasteiger charge is -2.59. The van der Waals surface area contributed by atoms with E-state index in [-0.39, 0.29) is 47.4 Å². The molecule has 5 heterocycles. The highest BCUT2D eigenvalue weighted by molar-refractivity contribution is 8.07. The van der Waals surface area contributed by atoms with Crippen molar-refractivity contribution in [1.82, 2.24) is 39.0 Å². The monoisotopic (exact) mass is 738 g/mol. The van der Waals surface area contributed by atoms with Gasteiger partial charge in [-0.15, -0.1) is 0 Å². The molecule has 1 saturated heterocycles. The van der Waals surface area contributed by atoms with E-state index < -0.39 is 74.4 Å². The Kier molecular flexibility index (Phi) is 7.04. The molecule has 262 valence electrons. The number of anilines is 2. The number of aliphatic hydroxyl groups is 2. The van der Waals surface area contributed by atoms with Crippen LogP contribution in [0.5, 0.6) is 0 Å². The van der Waals surface area contributed by atoms with Crippen LogP contribution in [0.1, 0.15) is 31.3 Å². The van der Waals surface area contributed by atoms with Crippen molar-refractivity contribution in [2.24, 2.45) is 29.1 Å². The van der Waals surface area contributed by atoms with Gasteiger partial charge in [0.05, 0.1) is 44.1 Å². The Balaban J connectivity index is 1.06. The summed E-state index contributed by atoms with van der Waals surface area (Å²) in [7, 11) is -4.90. The predicted octanol–water partition coefficient (Wildman–Crippen LogP) is -0.262. The first-order chi connectivity index (χ1) is 23.3.